The maximum atomic E-state index is 11.3. The number of furan rings is 1. The number of rotatable bonds is 6. The van der Waals surface area contributed by atoms with Gasteiger partial charge in [-0.1, -0.05) is 0 Å². The Balaban J connectivity index is 2.09. The summed E-state index contributed by atoms with van der Waals surface area (Å²) in [6, 6.07) is 3.48. The number of hydrogen-bond acceptors (Lipinski definition) is 4. The predicted octanol–water partition coefficient (Wildman–Crippen LogP) is 0.891. The highest BCUT2D eigenvalue weighted by Crippen LogP contribution is 2.00. The fraction of sp³-hybridized carbons (Fsp3) is 0.455. The molecule has 0 saturated heterocycles. The van der Waals surface area contributed by atoms with Crippen LogP contribution in [0.3, 0.4) is 0 Å². The van der Waals surface area contributed by atoms with Crippen molar-refractivity contribution in [2.45, 2.75) is 19.3 Å². The van der Waals surface area contributed by atoms with E-state index in [4.69, 9.17) is 4.42 Å². The number of carbonyl (C=O) groups is 2. The Morgan fingerprint density at radius 2 is 2.31 bits per heavy atom. The zero-order valence-electron chi connectivity index (χ0n) is 9.19. The summed E-state index contributed by atoms with van der Waals surface area (Å²) < 4.78 is 9.51. The number of esters is 1. The van der Waals surface area contributed by atoms with Gasteiger partial charge in [-0.15, -0.1) is 0 Å². The van der Waals surface area contributed by atoms with Crippen molar-refractivity contribution in [3.05, 3.63) is 24.2 Å². The van der Waals surface area contributed by atoms with Crippen LogP contribution in [0.2, 0.25) is 0 Å². The number of methoxy groups -OCH3 is 1. The third-order valence-corrected chi connectivity index (χ3v) is 2.02. The summed E-state index contributed by atoms with van der Waals surface area (Å²) in [6.45, 7) is 0.467. The van der Waals surface area contributed by atoms with Gasteiger partial charge in [-0.05, 0) is 18.6 Å². The van der Waals surface area contributed by atoms with Gasteiger partial charge in [-0.2, -0.15) is 0 Å². The summed E-state index contributed by atoms with van der Waals surface area (Å²) in [5, 5.41) is 2.69. The van der Waals surface area contributed by atoms with E-state index in [2.05, 4.69) is 10.1 Å². The van der Waals surface area contributed by atoms with Gasteiger partial charge in [0.25, 0.3) is 0 Å². The minimum absolute atomic E-state index is 0.111. The van der Waals surface area contributed by atoms with Crippen molar-refractivity contribution in [2.75, 3.05) is 13.7 Å². The van der Waals surface area contributed by atoms with Crippen molar-refractivity contribution in [2.24, 2.45) is 0 Å². The van der Waals surface area contributed by atoms with Crippen molar-refractivity contribution >= 4 is 11.9 Å². The second-order valence-electron chi connectivity index (χ2n) is 3.29. The molecule has 0 radical (unpaired) electrons. The van der Waals surface area contributed by atoms with Crippen LogP contribution in [-0.4, -0.2) is 25.5 Å². The van der Waals surface area contributed by atoms with Gasteiger partial charge < -0.3 is 14.5 Å². The molecule has 0 saturated carbocycles. The highest BCUT2D eigenvalue weighted by Gasteiger charge is 2.05. The lowest BCUT2D eigenvalue weighted by Crippen LogP contribution is -2.26. The molecular weight excluding hydrogens is 210 g/mol. The molecule has 16 heavy (non-hydrogen) atoms. The van der Waals surface area contributed by atoms with Gasteiger partial charge in [-0.3, -0.25) is 9.59 Å². The topological polar surface area (TPSA) is 68.5 Å². The Bertz CT molecular complexity index is 332. The molecule has 0 spiro atoms. The largest absolute Gasteiger partial charge is 0.469 e. The van der Waals surface area contributed by atoms with Gasteiger partial charge in [0.1, 0.15) is 5.76 Å². The van der Waals surface area contributed by atoms with Crippen LogP contribution in [0.4, 0.5) is 0 Å². The van der Waals surface area contributed by atoms with E-state index in [-0.39, 0.29) is 18.3 Å². The average molecular weight is 225 g/mol. The first-order valence-corrected chi connectivity index (χ1v) is 5.08. The number of ether oxygens (including phenoxy) is 1. The Morgan fingerprint density at radius 3 is 2.94 bits per heavy atom. The van der Waals surface area contributed by atoms with Crippen LogP contribution in [0.1, 0.15) is 18.6 Å². The van der Waals surface area contributed by atoms with Crippen molar-refractivity contribution in [3.8, 4) is 0 Å². The zero-order valence-corrected chi connectivity index (χ0v) is 9.19. The average Bonchev–Trinajstić information content (AvgIpc) is 2.76. The predicted molar refractivity (Wildman–Crippen MR) is 56.7 cm³/mol. The Morgan fingerprint density at radius 1 is 1.50 bits per heavy atom. The minimum atomic E-state index is -0.264. The van der Waals surface area contributed by atoms with Crippen molar-refractivity contribution in [1.82, 2.24) is 5.32 Å². The highest BCUT2D eigenvalue weighted by molar-refractivity contribution is 5.77. The van der Waals surface area contributed by atoms with E-state index in [1.54, 1.807) is 12.1 Å². The molecule has 5 nitrogen and oxygen atoms in total. The fourth-order valence-electron chi connectivity index (χ4n) is 1.20. The van der Waals surface area contributed by atoms with Crippen LogP contribution in [0.15, 0.2) is 22.8 Å². The van der Waals surface area contributed by atoms with Crippen molar-refractivity contribution in [3.63, 3.8) is 0 Å². The summed E-state index contributed by atoms with van der Waals surface area (Å²) in [6.07, 6.45) is 2.65. The molecule has 1 N–H and O–H groups in total. The number of hydrogen-bond donors (Lipinski definition) is 1. The summed E-state index contributed by atoms with van der Waals surface area (Å²) >= 11 is 0. The Kier molecular flexibility index (Phi) is 5.11. The smallest absolute Gasteiger partial charge is 0.305 e. The van der Waals surface area contributed by atoms with Crippen LogP contribution < -0.4 is 5.32 Å². The minimum Gasteiger partial charge on any atom is -0.469 e. The quantitative estimate of drug-likeness (QED) is 0.576. The van der Waals surface area contributed by atoms with Gasteiger partial charge in [0, 0.05) is 13.0 Å². The standard InChI is InChI=1S/C11H15NO4/c1-15-11(14)5-2-6-12-10(13)8-9-4-3-7-16-9/h3-4,7H,2,5-6,8H2,1H3,(H,12,13). The van der Waals surface area contributed by atoms with E-state index >= 15 is 0 Å². The molecule has 0 unspecified atom stereocenters. The highest BCUT2D eigenvalue weighted by atomic mass is 16.5. The zero-order chi connectivity index (χ0) is 11.8. The molecule has 5 heteroatoms. The summed E-state index contributed by atoms with van der Waals surface area (Å²) in [5.41, 5.74) is 0. The van der Waals surface area contributed by atoms with Gasteiger partial charge in [0.05, 0.1) is 19.8 Å². The Labute approximate surface area is 93.8 Å². The second-order valence-corrected chi connectivity index (χ2v) is 3.29. The molecule has 0 aliphatic carbocycles. The molecule has 1 aromatic rings. The first kappa shape index (κ1) is 12.3. The van der Waals surface area contributed by atoms with Crippen LogP contribution in [0.5, 0.6) is 0 Å². The normalized spacial score (nSPS) is 9.81. The molecule has 1 amide bonds. The summed E-state index contributed by atoms with van der Waals surface area (Å²) in [7, 11) is 1.35. The molecule has 0 aliphatic rings. The fourth-order valence-corrected chi connectivity index (χ4v) is 1.20. The molecule has 0 aliphatic heterocycles. The number of nitrogens with one attached hydrogen (secondary N) is 1. The number of carbonyl (C=O) groups excluding carboxylic acids is 2. The molecule has 0 aromatic carbocycles. The third kappa shape index (κ3) is 4.63. The molecule has 1 rings (SSSR count). The first-order valence-electron chi connectivity index (χ1n) is 5.08. The van der Waals surface area contributed by atoms with Gasteiger partial charge >= 0.3 is 5.97 Å². The molecule has 0 fully saturated rings. The SMILES string of the molecule is COC(=O)CCCNC(=O)Cc1ccco1. The van der Waals surface area contributed by atoms with Gasteiger partial charge in [0.15, 0.2) is 0 Å². The molecule has 88 valence electrons. The summed E-state index contributed by atoms with van der Waals surface area (Å²) in [4.78, 5) is 22.1. The molecular formula is C11H15NO4. The lowest BCUT2D eigenvalue weighted by atomic mass is 10.3. The second kappa shape index (κ2) is 6.66. The van der Waals surface area contributed by atoms with Gasteiger partial charge in [-0.25, -0.2) is 0 Å². The van der Waals surface area contributed by atoms with E-state index in [0.29, 0.717) is 25.1 Å². The van der Waals surface area contributed by atoms with Crippen LogP contribution in [-0.2, 0) is 20.7 Å². The van der Waals surface area contributed by atoms with Gasteiger partial charge in [0.2, 0.25) is 5.91 Å². The third-order valence-electron chi connectivity index (χ3n) is 2.02. The van der Waals surface area contributed by atoms with Crippen molar-refractivity contribution < 1.29 is 18.7 Å². The molecule has 1 heterocycles. The monoisotopic (exact) mass is 225 g/mol. The van der Waals surface area contributed by atoms with E-state index in [1.807, 2.05) is 0 Å². The molecule has 1 aromatic heterocycles. The summed E-state index contributed by atoms with van der Waals surface area (Å²) in [5.74, 6) is 0.255. The van der Waals surface area contributed by atoms with Crippen LogP contribution in [0.25, 0.3) is 0 Å². The maximum absolute atomic E-state index is 11.3. The van der Waals surface area contributed by atoms with Crippen molar-refractivity contribution in [1.29, 1.82) is 0 Å². The lowest BCUT2D eigenvalue weighted by molar-refractivity contribution is -0.140. The molecule has 0 bridgehead atoms. The van der Waals surface area contributed by atoms with Crippen LogP contribution >= 0.6 is 0 Å². The Hall–Kier alpha value is -1.78. The van der Waals surface area contributed by atoms with E-state index in [9.17, 15) is 9.59 Å². The van der Waals surface area contributed by atoms with E-state index < -0.39 is 0 Å². The molecule has 0 atom stereocenters. The van der Waals surface area contributed by atoms with E-state index in [1.165, 1.54) is 13.4 Å². The maximum Gasteiger partial charge on any atom is 0.305 e. The first-order chi connectivity index (χ1) is 7.72. The lowest BCUT2D eigenvalue weighted by Gasteiger charge is -2.03. The number of amides is 1. The van der Waals surface area contributed by atoms with Crippen LogP contribution in [0, 0.1) is 0 Å². The van der Waals surface area contributed by atoms with E-state index in [0.717, 1.165) is 0 Å².